The first-order valence-electron chi connectivity index (χ1n) is 5.91. The van der Waals surface area contributed by atoms with Crippen LogP contribution in [0.25, 0.3) is 0 Å². The molecule has 0 aliphatic carbocycles. The Bertz CT molecular complexity index is 348. The minimum atomic E-state index is -0.355. The maximum atomic E-state index is 12.0. The highest BCUT2D eigenvalue weighted by Gasteiger charge is 2.32. The van der Waals surface area contributed by atoms with E-state index in [4.69, 9.17) is 0 Å². The van der Waals surface area contributed by atoms with Crippen molar-refractivity contribution >= 4 is 17.7 Å². The largest absolute Gasteiger partial charge is 0.344 e. The fourth-order valence-corrected chi connectivity index (χ4v) is 2.26. The fourth-order valence-electron chi connectivity index (χ4n) is 2.26. The minimum absolute atomic E-state index is 0.0148. The highest BCUT2D eigenvalue weighted by molar-refractivity contribution is 5.91. The Morgan fingerprint density at radius 3 is 2.24 bits per heavy atom. The standard InChI is InChI=1S/C11H17N3O3/c1-8(15)13-4-6-14(7-5-13)11(17)9-2-3-10(16)12-9/h9H,2-7H2,1H3,(H,12,16). The Labute approximate surface area is 99.9 Å². The van der Waals surface area contributed by atoms with Crippen molar-refractivity contribution < 1.29 is 14.4 Å². The average Bonchev–Trinajstić information content (AvgIpc) is 2.75. The first-order valence-corrected chi connectivity index (χ1v) is 5.91. The summed E-state index contributed by atoms with van der Waals surface area (Å²) in [6, 6.07) is -0.355. The van der Waals surface area contributed by atoms with E-state index >= 15 is 0 Å². The molecule has 1 N–H and O–H groups in total. The quantitative estimate of drug-likeness (QED) is 0.635. The summed E-state index contributed by atoms with van der Waals surface area (Å²) < 4.78 is 0. The smallest absolute Gasteiger partial charge is 0.245 e. The van der Waals surface area contributed by atoms with Gasteiger partial charge in [0, 0.05) is 39.5 Å². The first-order chi connectivity index (χ1) is 8.08. The van der Waals surface area contributed by atoms with Gasteiger partial charge in [-0.25, -0.2) is 0 Å². The van der Waals surface area contributed by atoms with Gasteiger partial charge in [0.05, 0.1) is 0 Å². The van der Waals surface area contributed by atoms with Crippen molar-refractivity contribution in [3.8, 4) is 0 Å². The average molecular weight is 239 g/mol. The van der Waals surface area contributed by atoms with Crippen LogP contribution in [0.4, 0.5) is 0 Å². The van der Waals surface area contributed by atoms with Crippen LogP contribution in [0.5, 0.6) is 0 Å². The van der Waals surface area contributed by atoms with E-state index in [1.54, 1.807) is 9.80 Å². The number of rotatable bonds is 1. The van der Waals surface area contributed by atoms with Crippen molar-refractivity contribution in [1.29, 1.82) is 0 Å². The van der Waals surface area contributed by atoms with Gasteiger partial charge in [0.2, 0.25) is 17.7 Å². The molecule has 6 nitrogen and oxygen atoms in total. The van der Waals surface area contributed by atoms with Crippen LogP contribution >= 0.6 is 0 Å². The molecule has 2 aliphatic heterocycles. The molecule has 2 heterocycles. The molecule has 0 aromatic carbocycles. The number of carbonyl (C=O) groups is 3. The Hall–Kier alpha value is -1.59. The van der Waals surface area contributed by atoms with Gasteiger partial charge in [0.25, 0.3) is 0 Å². The normalized spacial score (nSPS) is 24.8. The molecule has 94 valence electrons. The zero-order valence-electron chi connectivity index (χ0n) is 9.94. The van der Waals surface area contributed by atoms with E-state index < -0.39 is 0 Å². The van der Waals surface area contributed by atoms with E-state index in [1.807, 2.05) is 0 Å². The Kier molecular flexibility index (Phi) is 3.31. The molecule has 0 spiro atoms. The predicted octanol–water partition coefficient (Wildman–Crippen LogP) is -1.04. The number of hydrogen-bond acceptors (Lipinski definition) is 3. The second-order valence-corrected chi connectivity index (χ2v) is 4.49. The lowest BCUT2D eigenvalue weighted by molar-refractivity contribution is -0.140. The van der Waals surface area contributed by atoms with Crippen molar-refractivity contribution in [3.63, 3.8) is 0 Å². The van der Waals surface area contributed by atoms with Gasteiger partial charge in [-0.15, -0.1) is 0 Å². The van der Waals surface area contributed by atoms with Crippen molar-refractivity contribution in [2.45, 2.75) is 25.8 Å². The van der Waals surface area contributed by atoms with Gasteiger partial charge in [-0.1, -0.05) is 0 Å². The highest BCUT2D eigenvalue weighted by atomic mass is 16.2. The number of nitrogens with one attached hydrogen (secondary N) is 1. The lowest BCUT2D eigenvalue weighted by Gasteiger charge is -2.35. The molecular formula is C11H17N3O3. The Balaban J connectivity index is 1.86. The third-order valence-electron chi connectivity index (χ3n) is 3.33. The number of amides is 3. The molecule has 0 aromatic heterocycles. The van der Waals surface area contributed by atoms with Gasteiger partial charge >= 0.3 is 0 Å². The fraction of sp³-hybridized carbons (Fsp3) is 0.727. The van der Waals surface area contributed by atoms with Crippen molar-refractivity contribution in [2.75, 3.05) is 26.2 Å². The Morgan fingerprint density at radius 1 is 1.18 bits per heavy atom. The summed E-state index contributed by atoms with van der Waals surface area (Å²) in [5.41, 5.74) is 0. The summed E-state index contributed by atoms with van der Waals surface area (Å²) in [6.07, 6.45) is 1.02. The minimum Gasteiger partial charge on any atom is -0.344 e. The second kappa shape index (κ2) is 4.73. The topological polar surface area (TPSA) is 69.7 Å². The number of piperazine rings is 1. The zero-order valence-corrected chi connectivity index (χ0v) is 9.94. The van der Waals surface area contributed by atoms with Crippen LogP contribution in [0, 0.1) is 0 Å². The van der Waals surface area contributed by atoms with Gasteiger partial charge in [0.1, 0.15) is 6.04 Å². The van der Waals surface area contributed by atoms with E-state index in [2.05, 4.69) is 5.32 Å². The zero-order chi connectivity index (χ0) is 12.4. The summed E-state index contributed by atoms with van der Waals surface area (Å²) in [5, 5.41) is 2.67. The van der Waals surface area contributed by atoms with E-state index in [0.717, 1.165) is 0 Å². The lowest BCUT2D eigenvalue weighted by Crippen LogP contribution is -2.54. The number of carbonyl (C=O) groups excluding carboxylic acids is 3. The molecule has 2 aliphatic rings. The molecule has 0 aromatic rings. The van der Waals surface area contributed by atoms with Crippen LogP contribution in [0.15, 0.2) is 0 Å². The van der Waals surface area contributed by atoms with Crippen molar-refractivity contribution in [3.05, 3.63) is 0 Å². The van der Waals surface area contributed by atoms with E-state index in [9.17, 15) is 14.4 Å². The number of nitrogens with zero attached hydrogens (tertiary/aromatic N) is 2. The molecule has 17 heavy (non-hydrogen) atoms. The van der Waals surface area contributed by atoms with Crippen LogP contribution in [0.2, 0.25) is 0 Å². The van der Waals surface area contributed by atoms with Crippen molar-refractivity contribution in [1.82, 2.24) is 15.1 Å². The molecular weight excluding hydrogens is 222 g/mol. The second-order valence-electron chi connectivity index (χ2n) is 4.49. The molecule has 1 atom stereocenters. The van der Waals surface area contributed by atoms with E-state index in [1.165, 1.54) is 6.92 Å². The van der Waals surface area contributed by atoms with Crippen LogP contribution in [0.1, 0.15) is 19.8 Å². The molecule has 0 bridgehead atoms. The summed E-state index contributed by atoms with van der Waals surface area (Å²) in [5.74, 6) is -0.0176. The summed E-state index contributed by atoms with van der Waals surface area (Å²) in [7, 11) is 0. The van der Waals surface area contributed by atoms with Crippen LogP contribution in [-0.2, 0) is 14.4 Å². The molecule has 1 unspecified atom stereocenters. The van der Waals surface area contributed by atoms with Crippen LogP contribution < -0.4 is 5.32 Å². The van der Waals surface area contributed by atoms with Gasteiger partial charge in [0.15, 0.2) is 0 Å². The van der Waals surface area contributed by atoms with Gasteiger partial charge < -0.3 is 15.1 Å². The molecule has 3 amide bonds. The van der Waals surface area contributed by atoms with E-state index in [-0.39, 0.29) is 23.8 Å². The monoisotopic (exact) mass is 239 g/mol. The predicted molar refractivity (Wildman–Crippen MR) is 60.0 cm³/mol. The van der Waals surface area contributed by atoms with Crippen LogP contribution in [0.3, 0.4) is 0 Å². The lowest BCUT2D eigenvalue weighted by atomic mass is 10.2. The summed E-state index contributed by atoms with van der Waals surface area (Å²) in [6.45, 7) is 3.83. The molecule has 6 heteroatoms. The highest BCUT2D eigenvalue weighted by Crippen LogP contribution is 2.11. The van der Waals surface area contributed by atoms with Gasteiger partial charge in [-0.2, -0.15) is 0 Å². The molecule has 0 saturated carbocycles. The first kappa shape index (κ1) is 11.9. The Morgan fingerprint density at radius 2 is 1.76 bits per heavy atom. The van der Waals surface area contributed by atoms with Crippen LogP contribution in [-0.4, -0.2) is 59.7 Å². The molecule has 2 rings (SSSR count). The van der Waals surface area contributed by atoms with Crippen molar-refractivity contribution in [2.24, 2.45) is 0 Å². The third-order valence-corrected chi connectivity index (χ3v) is 3.33. The molecule has 2 saturated heterocycles. The molecule has 0 radical (unpaired) electrons. The summed E-state index contributed by atoms with van der Waals surface area (Å²) in [4.78, 5) is 37.7. The maximum absolute atomic E-state index is 12.0. The van der Waals surface area contributed by atoms with Gasteiger partial charge in [-0.05, 0) is 6.42 Å². The van der Waals surface area contributed by atoms with Gasteiger partial charge in [-0.3, -0.25) is 14.4 Å². The summed E-state index contributed by atoms with van der Waals surface area (Å²) >= 11 is 0. The van der Waals surface area contributed by atoms with E-state index in [0.29, 0.717) is 39.0 Å². The molecule has 2 fully saturated rings. The third kappa shape index (κ3) is 2.57. The SMILES string of the molecule is CC(=O)N1CCN(C(=O)C2CCC(=O)N2)CC1. The number of hydrogen-bond donors (Lipinski definition) is 1. The maximum Gasteiger partial charge on any atom is 0.245 e.